The first-order chi connectivity index (χ1) is 7.38. The van der Waals surface area contributed by atoms with Crippen LogP contribution in [0.2, 0.25) is 0 Å². The van der Waals surface area contributed by atoms with Crippen LogP contribution < -0.4 is 10.1 Å². The van der Waals surface area contributed by atoms with Gasteiger partial charge in [0.2, 0.25) is 0 Å². The standard InChI is InChI=1S/C13H19NO/c1-15-13-4-2-3-12(10-13)9-11-5-7-14-8-6-11/h2-4,10-11,14H,5-9H2,1H3. The Kier molecular flexibility index (Phi) is 3.62. The minimum Gasteiger partial charge on any atom is -0.497 e. The monoisotopic (exact) mass is 205 g/mol. The molecule has 1 aromatic rings. The molecule has 0 atom stereocenters. The first-order valence-electron chi connectivity index (χ1n) is 5.72. The highest BCUT2D eigenvalue weighted by Crippen LogP contribution is 2.20. The lowest BCUT2D eigenvalue weighted by atomic mass is 9.91. The van der Waals surface area contributed by atoms with Gasteiger partial charge in [-0.1, -0.05) is 12.1 Å². The molecule has 2 rings (SSSR count). The normalized spacial score (nSPS) is 17.7. The van der Waals surface area contributed by atoms with Gasteiger partial charge in [0.25, 0.3) is 0 Å². The Morgan fingerprint density at radius 3 is 2.87 bits per heavy atom. The van der Waals surface area contributed by atoms with Gasteiger partial charge < -0.3 is 10.1 Å². The zero-order valence-electron chi connectivity index (χ0n) is 9.33. The van der Waals surface area contributed by atoms with Gasteiger partial charge in [0.05, 0.1) is 7.11 Å². The van der Waals surface area contributed by atoms with Crippen LogP contribution in [0, 0.1) is 5.92 Å². The number of rotatable bonds is 3. The van der Waals surface area contributed by atoms with Crippen LogP contribution in [-0.4, -0.2) is 20.2 Å². The molecule has 15 heavy (non-hydrogen) atoms. The number of hydrogen-bond acceptors (Lipinski definition) is 2. The van der Waals surface area contributed by atoms with Crippen molar-refractivity contribution in [1.29, 1.82) is 0 Å². The molecule has 0 unspecified atom stereocenters. The predicted molar refractivity (Wildman–Crippen MR) is 62.3 cm³/mol. The van der Waals surface area contributed by atoms with Crippen LogP contribution in [0.15, 0.2) is 24.3 Å². The Morgan fingerprint density at radius 1 is 1.33 bits per heavy atom. The van der Waals surface area contributed by atoms with E-state index in [4.69, 9.17) is 4.74 Å². The van der Waals surface area contributed by atoms with E-state index in [9.17, 15) is 0 Å². The number of methoxy groups -OCH3 is 1. The van der Waals surface area contributed by atoms with Gasteiger partial charge in [0, 0.05) is 0 Å². The molecular formula is C13H19NO. The minimum atomic E-state index is 0.846. The highest BCUT2D eigenvalue weighted by Gasteiger charge is 2.13. The van der Waals surface area contributed by atoms with Gasteiger partial charge in [-0.3, -0.25) is 0 Å². The van der Waals surface area contributed by atoms with Crippen LogP contribution >= 0.6 is 0 Å². The van der Waals surface area contributed by atoms with Gasteiger partial charge in [0.15, 0.2) is 0 Å². The molecule has 1 aliphatic rings. The van der Waals surface area contributed by atoms with E-state index in [1.54, 1.807) is 7.11 Å². The predicted octanol–water partition coefficient (Wildman–Crippen LogP) is 2.24. The Hall–Kier alpha value is -1.02. The highest BCUT2D eigenvalue weighted by atomic mass is 16.5. The second kappa shape index (κ2) is 5.17. The van der Waals surface area contributed by atoms with Crippen LogP contribution in [0.5, 0.6) is 5.75 Å². The van der Waals surface area contributed by atoms with Gasteiger partial charge in [0.1, 0.15) is 5.75 Å². The Bertz CT molecular complexity index is 305. The second-order valence-corrected chi connectivity index (χ2v) is 4.25. The quantitative estimate of drug-likeness (QED) is 0.817. The molecule has 1 saturated heterocycles. The van der Waals surface area contributed by atoms with Gasteiger partial charge in [-0.25, -0.2) is 0 Å². The molecule has 1 heterocycles. The molecule has 0 spiro atoms. The largest absolute Gasteiger partial charge is 0.497 e. The maximum Gasteiger partial charge on any atom is 0.119 e. The van der Waals surface area contributed by atoms with E-state index in [1.807, 2.05) is 6.07 Å². The summed E-state index contributed by atoms with van der Waals surface area (Å²) in [5.41, 5.74) is 1.40. The molecule has 0 saturated carbocycles. The van der Waals surface area contributed by atoms with Crippen molar-refractivity contribution in [3.05, 3.63) is 29.8 Å². The average molecular weight is 205 g/mol. The van der Waals surface area contributed by atoms with E-state index < -0.39 is 0 Å². The average Bonchev–Trinajstić information content (AvgIpc) is 2.31. The fraction of sp³-hybridized carbons (Fsp3) is 0.538. The molecule has 1 fully saturated rings. The van der Waals surface area contributed by atoms with Crippen LogP contribution in [0.3, 0.4) is 0 Å². The highest BCUT2D eigenvalue weighted by molar-refractivity contribution is 5.28. The molecule has 0 amide bonds. The first-order valence-corrected chi connectivity index (χ1v) is 5.72. The lowest BCUT2D eigenvalue weighted by Gasteiger charge is -2.22. The van der Waals surface area contributed by atoms with Crippen molar-refractivity contribution < 1.29 is 4.74 Å². The maximum absolute atomic E-state index is 5.23. The molecule has 82 valence electrons. The van der Waals surface area contributed by atoms with Crippen LogP contribution in [0.1, 0.15) is 18.4 Å². The van der Waals surface area contributed by atoms with E-state index in [1.165, 1.54) is 37.9 Å². The summed E-state index contributed by atoms with van der Waals surface area (Å²) in [6.45, 7) is 2.35. The zero-order valence-corrected chi connectivity index (χ0v) is 9.33. The smallest absolute Gasteiger partial charge is 0.119 e. The maximum atomic E-state index is 5.23. The van der Waals surface area contributed by atoms with Gasteiger partial charge in [-0.05, 0) is 56.0 Å². The second-order valence-electron chi connectivity index (χ2n) is 4.25. The Morgan fingerprint density at radius 2 is 2.13 bits per heavy atom. The van der Waals surface area contributed by atoms with Crippen molar-refractivity contribution in [2.75, 3.05) is 20.2 Å². The zero-order chi connectivity index (χ0) is 10.5. The van der Waals surface area contributed by atoms with Crippen molar-refractivity contribution in [1.82, 2.24) is 5.32 Å². The van der Waals surface area contributed by atoms with Crippen LogP contribution in [0.25, 0.3) is 0 Å². The number of nitrogens with one attached hydrogen (secondary N) is 1. The van der Waals surface area contributed by atoms with Crippen molar-refractivity contribution >= 4 is 0 Å². The molecule has 0 bridgehead atoms. The van der Waals surface area contributed by atoms with E-state index in [2.05, 4.69) is 23.5 Å². The first kappa shape index (κ1) is 10.5. The number of benzene rings is 1. The molecule has 1 aromatic carbocycles. The molecule has 1 N–H and O–H groups in total. The molecular weight excluding hydrogens is 186 g/mol. The minimum absolute atomic E-state index is 0.846. The lowest BCUT2D eigenvalue weighted by Crippen LogP contribution is -2.28. The number of ether oxygens (including phenoxy) is 1. The summed E-state index contributed by atoms with van der Waals surface area (Å²) >= 11 is 0. The van der Waals surface area contributed by atoms with E-state index in [0.29, 0.717) is 0 Å². The summed E-state index contributed by atoms with van der Waals surface area (Å²) in [5, 5.41) is 3.40. The summed E-state index contributed by atoms with van der Waals surface area (Å²) in [4.78, 5) is 0. The van der Waals surface area contributed by atoms with Gasteiger partial charge in [-0.2, -0.15) is 0 Å². The van der Waals surface area contributed by atoms with Crippen molar-refractivity contribution in [2.45, 2.75) is 19.3 Å². The van der Waals surface area contributed by atoms with Crippen LogP contribution in [0.4, 0.5) is 0 Å². The van der Waals surface area contributed by atoms with E-state index in [-0.39, 0.29) is 0 Å². The number of hydrogen-bond donors (Lipinski definition) is 1. The molecule has 0 aromatic heterocycles. The van der Waals surface area contributed by atoms with E-state index in [0.717, 1.165) is 11.7 Å². The summed E-state index contributed by atoms with van der Waals surface area (Å²) in [7, 11) is 1.73. The van der Waals surface area contributed by atoms with Crippen molar-refractivity contribution in [3.63, 3.8) is 0 Å². The van der Waals surface area contributed by atoms with E-state index >= 15 is 0 Å². The molecule has 0 radical (unpaired) electrons. The summed E-state index contributed by atoms with van der Waals surface area (Å²) in [6, 6.07) is 8.44. The van der Waals surface area contributed by atoms with Gasteiger partial charge >= 0.3 is 0 Å². The van der Waals surface area contributed by atoms with Crippen molar-refractivity contribution in [3.8, 4) is 5.75 Å². The summed E-state index contributed by atoms with van der Waals surface area (Å²) in [5.74, 6) is 1.82. The molecule has 0 aliphatic carbocycles. The third-order valence-corrected chi connectivity index (χ3v) is 3.12. The van der Waals surface area contributed by atoms with Crippen LogP contribution in [-0.2, 0) is 6.42 Å². The fourth-order valence-corrected chi connectivity index (χ4v) is 2.22. The Balaban J connectivity index is 1.96. The topological polar surface area (TPSA) is 21.3 Å². The molecule has 2 heteroatoms. The third kappa shape index (κ3) is 2.96. The number of piperidine rings is 1. The summed E-state index contributed by atoms with van der Waals surface area (Å²) < 4.78 is 5.23. The lowest BCUT2D eigenvalue weighted by molar-refractivity contribution is 0.371. The Labute approximate surface area is 91.6 Å². The van der Waals surface area contributed by atoms with Gasteiger partial charge in [-0.15, -0.1) is 0 Å². The SMILES string of the molecule is COc1cccc(CC2CCNCC2)c1. The molecule has 1 aliphatic heterocycles. The molecule has 2 nitrogen and oxygen atoms in total. The third-order valence-electron chi connectivity index (χ3n) is 3.12. The fourth-order valence-electron chi connectivity index (χ4n) is 2.22. The summed E-state index contributed by atoms with van der Waals surface area (Å²) in [6.07, 6.45) is 3.80. The van der Waals surface area contributed by atoms with Crippen molar-refractivity contribution in [2.24, 2.45) is 5.92 Å².